The van der Waals surface area contributed by atoms with Gasteiger partial charge in [0.2, 0.25) is 5.91 Å². The number of methoxy groups -OCH3 is 1. The van der Waals surface area contributed by atoms with Gasteiger partial charge >= 0.3 is 5.97 Å². The number of rotatable bonds is 8. The number of benzene rings is 2. The molecule has 2 aromatic carbocycles. The van der Waals surface area contributed by atoms with Crippen molar-refractivity contribution in [2.24, 2.45) is 0 Å². The number of ether oxygens (including phenoxy) is 2. The summed E-state index contributed by atoms with van der Waals surface area (Å²) < 4.78 is 10.3. The molecule has 136 valence electrons. The Morgan fingerprint density at radius 2 is 1.81 bits per heavy atom. The second-order valence-electron chi connectivity index (χ2n) is 5.63. The molecule has 2 rings (SSSR count). The van der Waals surface area contributed by atoms with Crippen LogP contribution in [0.2, 0.25) is 0 Å². The zero-order valence-electron chi connectivity index (χ0n) is 15.0. The van der Waals surface area contributed by atoms with Gasteiger partial charge in [0.05, 0.1) is 25.0 Å². The lowest BCUT2D eigenvalue weighted by molar-refractivity contribution is -0.111. The first-order chi connectivity index (χ1) is 12.6. The highest BCUT2D eigenvalue weighted by atomic mass is 16.5. The van der Waals surface area contributed by atoms with Gasteiger partial charge in [0.1, 0.15) is 5.75 Å². The van der Waals surface area contributed by atoms with Crippen molar-refractivity contribution >= 4 is 23.6 Å². The van der Waals surface area contributed by atoms with Crippen LogP contribution in [0.25, 0.3) is 6.08 Å². The molecule has 5 nitrogen and oxygen atoms in total. The minimum absolute atomic E-state index is 0.310. The maximum atomic E-state index is 12.1. The number of hydrogen-bond donors (Lipinski definition) is 1. The number of anilines is 1. The molecule has 5 heteroatoms. The number of unbranched alkanes of at least 4 members (excludes halogenated alkanes) is 1. The Labute approximate surface area is 153 Å². The molecule has 0 heterocycles. The highest BCUT2D eigenvalue weighted by Gasteiger charge is 2.11. The lowest BCUT2D eigenvalue weighted by Gasteiger charge is -2.07. The minimum Gasteiger partial charge on any atom is -0.494 e. The molecule has 0 unspecified atom stereocenters. The van der Waals surface area contributed by atoms with Gasteiger partial charge in [0, 0.05) is 6.08 Å². The van der Waals surface area contributed by atoms with Gasteiger partial charge in [0.15, 0.2) is 0 Å². The van der Waals surface area contributed by atoms with Crippen LogP contribution in [0.15, 0.2) is 54.6 Å². The third kappa shape index (κ3) is 5.77. The van der Waals surface area contributed by atoms with E-state index in [0.717, 1.165) is 24.2 Å². The van der Waals surface area contributed by atoms with Crippen LogP contribution in [0.1, 0.15) is 35.7 Å². The molecule has 0 atom stereocenters. The predicted octanol–water partition coefficient (Wildman–Crippen LogP) is 4.30. The molecule has 0 bridgehead atoms. The predicted molar refractivity (Wildman–Crippen MR) is 102 cm³/mol. The number of para-hydroxylation sites is 1. The Hall–Kier alpha value is -3.08. The van der Waals surface area contributed by atoms with E-state index in [1.807, 2.05) is 24.3 Å². The summed E-state index contributed by atoms with van der Waals surface area (Å²) in [5.41, 5.74) is 1.60. The van der Waals surface area contributed by atoms with Crippen LogP contribution < -0.4 is 10.1 Å². The van der Waals surface area contributed by atoms with Crippen molar-refractivity contribution in [3.05, 3.63) is 65.7 Å². The summed E-state index contributed by atoms with van der Waals surface area (Å²) in [6.45, 7) is 2.82. The van der Waals surface area contributed by atoms with Gasteiger partial charge in [-0.1, -0.05) is 37.6 Å². The smallest absolute Gasteiger partial charge is 0.339 e. The highest BCUT2D eigenvalue weighted by Crippen LogP contribution is 2.17. The van der Waals surface area contributed by atoms with Crippen molar-refractivity contribution in [1.82, 2.24) is 0 Å². The Balaban J connectivity index is 1.96. The first-order valence-electron chi connectivity index (χ1n) is 8.53. The van der Waals surface area contributed by atoms with Gasteiger partial charge in [0.25, 0.3) is 0 Å². The van der Waals surface area contributed by atoms with Crippen LogP contribution in [0.4, 0.5) is 5.69 Å². The molecule has 0 aliphatic heterocycles. The van der Waals surface area contributed by atoms with Gasteiger partial charge in [-0.05, 0) is 42.3 Å². The molecule has 1 N–H and O–H groups in total. The van der Waals surface area contributed by atoms with Gasteiger partial charge in [-0.2, -0.15) is 0 Å². The van der Waals surface area contributed by atoms with Crippen molar-refractivity contribution in [2.45, 2.75) is 19.8 Å². The third-order valence-electron chi connectivity index (χ3n) is 3.66. The quantitative estimate of drug-likeness (QED) is 0.436. The number of hydrogen-bond acceptors (Lipinski definition) is 4. The van der Waals surface area contributed by atoms with E-state index in [4.69, 9.17) is 9.47 Å². The fourth-order valence-corrected chi connectivity index (χ4v) is 2.24. The van der Waals surface area contributed by atoms with Crippen molar-refractivity contribution in [2.75, 3.05) is 19.0 Å². The number of carbonyl (C=O) groups excluding carboxylic acids is 2. The zero-order valence-corrected chi connectivity index (χ0v) is 15.0. The molecular weight excluding hydrogens is 330 g/mol. The van der Waals surface area contributed by atoms with E-state index in [9.17, 15) is 9.59 Å². The van der Waals surface area contributed by atoms with Crippen LogP contribution >= 0.6 is 0 Å². The van der Waals surface area contributed by atoms with Crippen molar-refractivity contribution in [3.63, 3.8) is 0 Å². The van der Waals surface area contributed by atoms with Crippen LogP contribution in [0, 0.1) is 0 Å². The normalized spacial score (nSPS) is 10.5. The molecule has 0 saturated heterocycles. The van der Waals surface area contributed by atoms with Gasteiger partial charge in [-0.3, -0.25) is 4.79 Å². The fraction of sp³-hybridized carbons (Fsp3) is 0.238. The Kier molecular flexibility index (Phi) is 7.43. The largest absolute Gasteiger partial charge is 0.494 e. The zero-order chi connectivity index (χ0) is 18.8. The third-order valence-corrected chi connectivity index (χ3v) is 3.66. The van der Waals surface area contributed by atoms with Crippen molar-refractivity contribution < 1.29 is 19.1 Å². The first kappa shape index (κ1) is 19.2. The molecule has 0 fully saturated rings. The number of nitrogens with one attached hydrogen (secondary N) is 1. The molecule has 26 heavy (non-hydrogen) atoms. The van der Waals surface area contributed by atoms with Crippen LogP contribution in [-0.2, 0) is 9.53 Å². The van der Waals surface area contributed by atoms with E-state index in [1.165, 1.54) is 13.2 Å². The molecule has 0 saturated carbocycles. The molecular formula is C21H23NO4. The van der Waals surface area contributed by atoms with E-state index < -0.39 is 5.97 Å². The topological polar surface area (TPSA) is 64.6 Å². The monoisotopic (exact) mass is 353 g/mol. The minimum atomic E-state index is -0.497. The summed E-state index contributed by atoms with van der Waals surface area (Å²) in [6, 6.07) is 14.2. The second kappa shape index (κ2) is 10.0. The Bertz CT molecular complexity index is 766. The van der Waals surface area contributed by atoms with Gasteiger partial charge in [-0.15, -0.1) is 0 Å². The average Bonchev–Trinajstić information content (AvgIpc) is 2.67. The van der Waals surface area contributed by atoms with E-state index in [1.54, 1.807) is 30.3 Å². The molecule has 0 aliphatic rings. The summed E-state index contributed by atoms with van der Waals surface area (Å²) in [5.74, 6) is -0.0137. The molecule has 1 amide bonds. The Morgan fingerprint density at radius 3 is 2.50 bits per heavy atom. The second-order valence-corrected chi connectivity index (χ2v) is 5.63. The van der Waals surface area contributed by atoms with Crippen LogP contribution in [0.3, 0.4) is 0 Å². The molecule has 0 radical (unpaired) electrons. The van der Waals surface area contributed by atoms with Crippen LogP contribution in [0.5, 0.6) is 5.75 Å². The van der Waals surface area contributed by atoms with E-state index in [-0.39, 0.29) is 5.91 Å². The van der Waals surface area contributed by atoms with Gasteiger partial charge in [-0.25, -0.2) is 4.79 Å². The van der Waals surface area contributed by atoms with Crippen molar-refractivity contribution in [1.29, 1.82) is 0 Å². The molecule has 2 aromatic rings. The summed E-state index contributed by atoms with van der Waals surface area (Å²) >= 11 is 0. The summed E-state index contributed by atoms with van der Waals surface area (Å²) in [7, 11) is 1.30. The maximum Gasteiger partial charge on any atom is 0.339 e. The van der Waals surface area contributed by atoms with Crippen molar-refractivity contribution in [3.8, 4) is 5.75 Å². The van der Waals surface area contributed by atoms with Crippen LogP contribution in [-0.4, -0.2) is 25.6 Å². The fourth-order valence-electron chi connectivity index (χ4n) is 2.24. The van der Waals surface area contributed by atoms with E-state index in [2.05, 4.69) is 12.2 Å². The Morgan fingerprint density at radius 1 is 1.08 bits per heavy atom. The lowest BCUT2D eigenvalue weighted by Crippen LogP contribution is -2.12. The standard InChI is InChI=1S/C21H23NO4/c1-3-4-15-26-17-12-9-16(10-13-17)11-14-20(23)22-19-8-6-5-7-18(19)21(24)25-2/h5-14H,3-4,15H2,1-2H3,(H,22,23). The van der Waals surface area contributed by atoms with E-state index >= 15 is 0 Å². The summed E-state index contributed by atoms with van der Waals surface area (Å²) in [5, 5.41) is 2.69. The van der Waals surface area contributed by atoms with E-state index in [0.29, 0.717) is 17.9 Å². The van der Waals surface area contributed by atoms with Gasteiger partial charge < -0.3 is 14.8 Å². The highest BCUT2D eigenvalue weighted by molar-refractivity contribution is 6.06. The number of carbonyl (C=O) groups is 2. The maximum absolute atomic E-state index is 12.1. The lowest BCUT2D eigenvalue weighted by atomic mass is 10.1. The average molecular weight is 353 g/mol. The molecule has 0 spiro atoms. The SMILES string of the molecule is CCCCOc1ccc(C=CC(=O)Nc2ccccc2C(=O)OC)cc1. The number of esters is 1. The molecule has 0 aliphatic carbocycles. The summed E-state index contributed by atoms with van der Waals surface area (Å²) in [4.78, 5) is 23.8. The number of amides is 1. The first-order valence-corrected chi connectivity index (χ1v) is 8.53. The summed E-state index contributed by atoms with van der Waals surface area (Å²) in [6.07, 6.45) is 5.23. The molecule has 0 aromatic heterocycles.